The van der Waals surface area contributed by atoms with Crippen LogP contribution in [-0.4, -0.2) is 20.9 Å². The van der Waals surface area contributed by atoms with Gasteiger partial charge in [-0.25, -0.2) is 0 Å². The van der Waals surface area contributed by atoms with Crippen LogP contribution < -0.4 is 0 Å². The molecule has 4 nitrogen and oxygen atoms in total. The molecule has 136 valence electrons. The van der Waals surface area contributed by atoms with Crippen molar-refractivity contribution in [1.29, 1.82) is 0 Å². The number of rotatable bonds is 3. The lowest BCUT2D eigenvalue weighted by molar-refractivity contribution is 0.441. The highest BCUT2D eigenvalue weighted by atomic mass is 32.1. The summed E-state index contributed by atoms with van der Waals surface area (Å²) >= 11 is 5.47. The molecule has 1 aromatic heterocycles. The van der Waals surface area contributed by atoms with Gasteiger partial charge in [0.05, 0.1) is 11.4 Å². The smallest absolute Gasteiger partial charge is 0.222 e. The number of para-hydroxylation sites is 1. The molecular formula is C22H21N3OS. The zero-order valence-electron chi connectivity index (χ0n) is 15.6. The SMILES string of the molecule is CCc1cccc2c1N=C/C2=C\c1[nH]c(=S)n(-c2cc(C)cc(C)c2)c1O. The van der Waals surface area contributed by atoms with Gasteiger partial charge in [-0.3, -0.25) is 9.56 Å². The van der Waals surface area contributed by atoms with Crippen LogP contribution in [0.25, 0.3) is 17.3 Å². The Labute approximate surface area is 163 Å². The first-order valence-electron chi connectivity index (χ1n) is 8.98. The van der Waals surface area contributed by atoms with E-state index < -0.39 is 0 Å². The Morgan fingerprint density at radius 3 is 2.63 bits per heavy atom. The van der Waals surface area contributed by atoms with E-state index in [2.05, 4.69) is 35.1 Å². The van der Waals surface area contributed by atoms with E-state index in [0.29, 0.717) is 10.5 Å². The van der Waals surface area contributed by atoms with Crippen LogP contribution in [0.5, 0.6) is 5.88 Å². The van der Waals surface area contributed by atoms with Gasteiger partial charge in [0, 0.05) is 17.4 Å². The zero-order valence-corrected chi connectivity index (χ0v) is 16.4. The predicted molar refractivity (Wildman–Crippen MR) is 114 cm³/mol. The lowest BCUT2D eigenvalue weighted by Gasteiger charge is -2.07. The number of aryl methyl sites for hydroxylation is 3. The number of imidazole rings is 1. The van der Waals surface area contributed by atoms with Crippen LogP contribution in [0.15, 0.2) is 41.4 Å². The Kier molecular flexibility index (Phi) is 4.32. The molecule has 27 heavy (non-hydrogen) atoms. The number of nitrogens with one attached hydrogen (secondary N) is 1. The molecule has 3 aromatic rings. The average molecular weight is 375 g/mol. The standard InChI is InChI=1S/C22H21N3OS/c1-4-15-6-5-7-18-16(12-23-20(15)18)11-19-21(26)25(22(27)24-19)17-9-13(2)8-14(3)10-17/h5-12,26H,4H2,1-3H3,(H,24,27)/b16-11+. The second kappa shape index (κ2) is 6.67. The Hall–Kier alpha value is -2.92. The number of aromatic hydroxyl groups is 1. The van der Waals surface area contributed by atoms with E-state index in [0.717, 1.165) is 40.1 Å². The van der Waals surface area contributed by atoms with Crippen LogP contribution in [0.2, 0.25) is 0 Å². The van der Waals surface area contributed by atoms with Crippen LogP contribution in [0, 0.1) is 18.6 Å². The molecule has 2 N–H and O–H groups in total. The first kappa shape index (κ1) is 17.5. The number of aromatic nitrogens is 2. The summed E-state index contributed by atoms with van der Waals surface area (Å²) in [5.74, 6) is 0.103. The Bertz CT molecular complexity index is 1140. The van der Waals surface area contributed by atoms with E-state index in [1.807, 2.05) is 44.3 Å². The quantitative estimate of drug-likeness (QED) is 0.579. The zero-order chi connectivity index (χ0) is 19.1. The van der Waals surface area contributed by atoms with E-state index in [-0.39, 0.29) is 5.88 Å². The number of hydrogen-bond acceptors (Lipinski definition) is 3. The van der Waals surface area contributed by atoms with Gasteiger partial charge >= 0.3 is 0 Å². The highest BCUT2D eigenvalue weighted by molar-refractivity contribution is 7.71. The summed E-state index contributed by atoms with van der Waals surface area (Å²) in [6, 6.07) is 12.3. The number of nitrogens with zero attached hydrogens (tertiary/aromatic N) is 2. The van der Waals surface area contributed by atoms with Gasteiger partial charge in [-0.05, 0) is 67.4 Å². The molecule has 0 amide bonds. The highest BCUT2D eigenvalue weighted by Gasteiger charge is 2.17. The van der Waals surface area contributed by atoms with Gasteiger partial charge in [-0.15, -0.1) is 0 Å². The molecular weight excluding hydrogens is 354 g/mol. The molecule has 0 atom stereocenters. The van der Waals surface area contributed by atoms with Crippen molar-refractivity contribution in [2.24, 2.45) is 4.99 Å². The number of hydrogen-bond donors (Lipinski definition) is 2. The molecule has 0 unspecified atom stereocenters. The normalized spacial score (nSPS) is 14.1. The minimum atomic E-state index is 0.103. The Morgan fingerprint density at radius 1 is 1.19 bits per heavy atom. The summed E-state index contributed by atoms with van der Waals surface area (Å²) < 4.78 is 2.12. The highest BCUT2D eigenvalue weighted by Crippen LogP contribution is 2.37. The van der Waals surface area contributed by atoms with Crippen molar-refractivity contribution >= 4 is 35.8 Å². The number of fused-ring (bicyclic) bond motifs is 1. The fraction of sp³-hybridized carbons (Fsp3) is 0.182. The van der Waals surface area contributed by atoms with Crippen molar-refractivity contribution in [3.63, 3.8) is 0 Å². The van der Waals surface area contributed by atoms with Crippen molar-refractivity contribution in [3.8, 4) is 11.6 Å². The third-order valence-corrected chi connectivity index (χ3v) is 5.09. The molecule has 4 rings (SSSR count). The summed E-state index contributed by atoms with van der Waals surface area (Å²) in [5, 5.41) is 10.8. The van der Waals surface area contributed by atoms with Crippen molar-refractivity contribution in [2.75, 3.05) is 0 Å². The first-order valence-corrected chi connectivity index (χ1v) is 9.39. The van der Waals surface area contributed by atoms with Crippen molar-refractivity contribution in [3.05, 3.63) is 69.1 Å². The van der Waals surface area contributed by atoms with Gasteiger partial charge < -0.3 is 10.1 Å². The molecule has 1 aliphatic heterocycles. The monoisotopic (exact) mass is 375 g/mol. The van der Waals surface area contributed by atoms with Gasteiger partial charge in [0.2, 0.25) is 5.88 Å². The van der Waals surface area contributed by atoms with Gasteiger partial charge in [-0.1, -0.05) is 31.2 Å². The maximum atomic E-state index is 10.8. The first-order chi connectivity index (χ1) is 13.0. The number of H-pyrrole nitrogens is 1. The van der Waals surface area contributed by atoms with E-state index in [4.69, 9.17) is 12.2 Å². The molecule has 0 spiro atoms. The maximum absolute atomic E-state index is 10.8. The van der Waals surface area contributed by atoms with E-state index >= 15 is 0 Å². The van der Waals surface area contributed by atoms with E-state index in [1.165, 1.54) is 5.56 Å². The number of allylic oxidation sites excluding steroid dienone is 1. The maximum Gasteiger partial charge on any atom is 0.222 e. The predicted octanol–water partition coefficient (Wildman–Crippen LogP) is 5.68. The molecule has 1 aliphatic rings. The molecule has 2 heterocycles. The number of benzene rings is 2. The second-order valence-corrected chi connectivity index (χ2v) is 7.26. The molecule has 2 aromatic carbocycles. The fourth-order valence-electron chi connectivity index (χ4n) is 3.60. The molecule has 0 fully saturated rings. The Balaban J connectivity index is 1.82. The minimum absolute atomic E-state index is 0.103. The van der Waals surface area contributed by atoms with Crippen molar-refractivity contribution < 1.29 is 5.11 Å². The molecule has 0 radical (unpaired) electrons. The van der Waals surface area contributed by atoms with Crippen LogP contribution in [0.4, 0.5) is 5.69 Å². The third-order valence-electron chi connectivity index (χ3n) is 4.81. The topological polar surface area (TPSA) is 53.3 Å². The lowest BCUT2D eigenvalue weighted by atomic mass is 10.0. The molecule has 0 saturated heterocycles. The molecule has 5 heteroatoms. The van der Waals surface area contributed by atoms with Crippen molar-refractivity contribution in [2.45, 2.75) is 27.2 Å². The fourth-order valence-corrected chi connectivity index (χ4v) is 3.90. The molecule has 0 bridgehead atoms. The second-order valence-electron chi connectivity index (χ2n) is 6.87. The largest absolute Gasteiger partial charge is 0.493 e. The summed E-state index contributed by atoms with van der Waals surface area (Å²) in [6.07, 6.45) is 4.68. The summed E-state index contributed by atoms with van der Waals surface area (Å²) in [7, 11) is 0. The summed E-state index contributed by atoms with van der Waals surface area (Å²) in [6.45, 7) is 6.19. The van der Waals surface area contributed by atoms with Crippen LogP contribution in [0.3, 0.4) is 0 Å². The van der Waals surface area contributed by atoms with E-state index in [9.17, 15) is 5.11 Å². The van der Waals surface area contributed by atoms with Crippen LogP contribution in [0.1, 0.15) is 34.9 Å². The van der Waals surface area contributed by atoms with Gasteiger partial charge in [0.1, 0.15) is 5.69 Å². The molecule has 0 saturated carbocycles. The van der Waals surface area contributed by atoms with Gasteiger partial charge in [0.15, 0.2) is 4.77 Å². The minimum Gasteiger partial charge on any atom is -0.493 e. The Morgan fingerprint density at radius 2 is 1.93 bits per heavy atom. The number of aromatic amines is 1. The van der Waals surface area contributed by atoms with Crippen molar-refractivity contribution in [1.82, 2.24) is 9.55 Å². The average Bonchev–Trinajstić information content (AvgIpc) is 3.15. The third kappa shape index (κ3) is 3.04. The summed E-state index contributed by atoms with van der Waals surface area (Å²) in [5.41, 5.74) is 7.94. The lowest BCUT2D eigenvalue weighted by Crippen LogP contribution is -1.95. The summed E-state index contributed by atoms with van der Waals surface area (Å²) in [4.78, 5) is 7.69. The van der Waals surface area contributed by atoms with Crippen LogP contribution >= 0.6 is 12.2 Å². The van der Waals surface area contributed by atoms with E-state index in [1.54, 1.807) is 4.57 Å². The van der Waals surface area contributed by atoms with Gasteiger partial charge in [0.25, 0.3) is 0 Å². The molecule has 0 aliphatic carbocycles. The van der Waals surface area contributed by atoms with Gasteiger partial charge in [-0.2, -0.15) is 0 Å². The van der Waals surface area contributed by atoms with Crippen LogP contribution in [-0.2, 0) is 6.42 Å². The number of aliphatic imine (C=N–C) groups is 1.